The fourth-order valence-corrected chi connectivity index (χ4v) is 2.99. The number of hydrogen-bond donors (Lipinski definition) is 4. The average Bonchev–Trinajstić information content (AvgIpc) is 3.01. The van der Waals surface area contributed by atoms with Crippen molar-refractivity contribution in [3.05, 3.63) is 36.0 Å². The van der Waals surface area contributed by atoms with Crippen LogP contribution in [0.4, 0.5) is 0 Å². The summed E-state index contributed by atoms with van der Waals surface area (Å²) in [6.07, 6.45) is 3.06. The highest BCUT2D eigenvalue weighted by Crippen LogP contribution is 2.19. The third-order valence-corrected chi connectivity index (χ3v) is 4.46. The van der Waals surface area contributed by atoms with E-state index in [0.717, 1.165) is 16.5 Å². The van der Waals surface area contributed by atoms with Crippen LogP contribution in [0.3, 0.4) is 0 Å². The van der Waals surface area contributed by atoms with Crippen molar-refractivity contribution >= 4 is 28.7 Å². The van der Waals surface area contributed by atoms with Crippen LogP contribution in [0.5, 0.6) is 0 Å². The molecule has 7 heteroatoms. The highest BCUT2D eigenvalue weighted by molar-refractivity contribution is 5.91. The smallest absolute Gasteiger partial charge is 0.326 e. The van der Waals surface area contributed by atoms with Gasteiger partial charge in [0.05, 0.1) is 0 Å². The lowest BCUT2D eigenvalue weighted by Gasteiger charge is -2.23. The monoisotopic (exact) mass is 373 g/mol. The minimum absolute atomic E-state index is 0.228. The number of rotatable bonds is 9. The number of hydrogen-bond acceptors (Lipinski definition) is 3. The van der Waals surface area contributed by atoms with E-state index in [-0.39, 0.29) is 18.2 Å². The molecule has 2 amide bonds. The SMILES string of the molecule is CCCC(=O)NC(Cc1c[nH]c2ccccc12)C(=O)NC(C(=O)O)C(C)C. The summed E-state index contributed by atoms with van der Waals surface area (Å²) in [4.78, 5) is 39.4. The van der Waals surface area contributed by atoms with Gasteiger partial charge in [-0.1, -0.05) is 39.0 Å². The molecule has 0 bridgehead atoms. The van der Waals surface area contributed by atoms with Crippen molar-refractivity contribution in [2.24, 2.45) is 5.92 Å². The van der Waals surface area contributed by atoms with E-state index in [9.17, 15) is 19.5 Å². The maximum Gasteiger partial charge on any atom is 0.326 e. The molecule has 4 N–H and O–H groups in total. The first-order chi connectivity index (χ1) is 12.8. The van der Waals surface area contributed by atoms with Crippen molar-refractivity contribution in [1.29, 1.82) is 0 Å². The maximum atomic E-state index is 12.8. The molecule has 1 aromatic carbocycles. The highest BCUT2D eigenvalue weighted by atomic mass is 16.4. The zero-order valence-corrected chi connectivity index (χ0v) is 15.9. The molecule has 0 fully saturated rings. The molecular weight excluding hydrogens is 346 g/mol. The van der Waals surface area contributed by atoms with Crippen LogP contribution in [0.1, 0.15) is 39.2 Å². The molecule has 7 nitrogen and oxygen atoms in total. The molecule has 0 aliphatic rings. The van der Waals surface area contributed by atoms with E-state index >= 15 is 0 Å². The molecule has 1 heterocycles. The van der Waals surface area contributed by atoms with Gasteiger partial charge in [-0.3, -0.25) is 9.59 Å². The van der Waals surface area contributed by atoms with Gasteiger partial charge in [-0.2, -0.15) is 0 Å². The molecular formula is C20H27N3O4. The van der Waals surface area contributed by atoms with Crippen LogP contribution in [-0.2, 0) is 20.8 Å². The van der Waals surface area contributed by atoms with Crippen LogP contribution in [-0.4, -0.2) is 40.0 Å². The molecule has 2 aromatic rings. The van der Waals surface area contributed by atoms with Crippen molar-refractivity contribution in [3.8, 4) is 0 Å². The standard InChI is InChI=1S/C20H27N3O4/c1-4-7-17(24)22-16(19(25)23-18(12(2)3)20(26)27)10-13-11-21-15-9-6-5-8-14(13)15/h5-6,8-9,11-12,16,18,21H,4,7,10H2,1-3H3,(H,22,24)(H,23,25)(H,26,27). The van der Waals surface area contributed by atoms with Crippen molar-refractivity contribution < 1.29 is 19.5 Å². The number of fused-ring (bicyclic) bond motifs is 1. The van der Waals surface area contributed by atoms with E-state index in [0.29, 0.717) is 12.8 Å². The van der Waals surface area contributed by atoms with Crippen molar-refractivity contribution in [1.82, 2.24) is 15.6 Å². The summed E-state index contributed by atoms with van der Waals surface area (Å²) in [5.41, 5.74) is 1.83. The van der Waals surface area contributed by atoms with Gasteiger partial charge in [0.2, 0.25) is 11.8 Å². The number of carboxylic acids is 1. The lowest BCUT2D eigenvalue weighted by molar-refractivity contribution is -0.143. The number of H-pyrrole nitrogens is 1. The van der Waals surface area contributed by atoms with Gasteiger partial charge in [-0.25, -0.2) is 4.79 Å². The van der Waals surface area contributed by atoms with E-state index in [1.54, 1.807) is 13.8 Å². The average molecular weight is 373 g/mol. The van der Waals surface area contributed by atoms with Crippen LogP contribution in [0.15, 0.2) is 30.5 Å². The first kappa shape index (κ1) is 20.5. The van der Waals surface area contributed by atoms with E-state index in [2.05, 4.69) is 15.6 Å². The summed E-state index contributed by atoms with van der Waals surface area (Å²) >= 11 is 0. The Labute approximate surface area is 158 Å². The fourth-order valence-electron chi connectivity index (χ4n) is 2.99. The second kappa shape index (κ2) is 9.21. The summed E-state index contributed by atoms with van der Waals surface area (Å²) in [6, 6.07) is 5.84. The Kier molecular flexibility index (Phi) is 6.98. The lowest BCUT2D eigenvalue weighted by atomic mass is 10.0. The van der Waals surface area contributed by atoms with E-state index < -0.39 is 24.0 Å². The Morgan fingerprint density at radius 3 is 2.48 bits per heavy atom. The number of aromatic nitrogens is 1. The van der Waals surface area contributed by atoms with Crippen LogP contribution in [0, 0.1) is 5.92 Å². The Balaban J connectivity index is 2.23. The number of carbonyl (C=O) groups is 3. The zero-order valence-electron chi connectivity index (χ0n) is 15.9. The number of para-hydroxylation sites is 1. The van der Waals surface area contributed by atoms with Crippen molar-refractivity contribution in [2.45, 2.75) is 52.1 Å². The number of aromatic amines is 1. The molecule has 0 aliphatic heterocycles. The predicted octanol–water partition coefficient (Wildman–Crippen LogP) is 2.22. The lowest BCUT2D eigenvalue weighted by Crippen LogP contribution is -2.53. The highest BCUT2D eigenvalue weighted by Gasteiger charge is 2.29. The molecule has 0 aliphatic carbocycles. The summed E-state index contributed by atoms with van der Waals surface area (Å²) in [7, 11) is 0. The van der Waals surface area contributed by atoms with Gasteiger partial charge >= 0.3 is 5.97 Å². The van der Waals surface area contributed by atoms with Gasteiger partial charge in [0.1, 0.15) is 12.1 Å². The van der Waals surface area contributed by atoms with Crippen molar-refractivity contribution in [3.63, 3.8) is 0 Å². The summed E-state index contributed by atoms with van der Waals surface area (Å²) in [5, 5.41) is 15.6. The largest absolute Gasteiger partial charge is 0.480 e. The zero-order chi connectivity index (χ0) is 20.0. The van der Waals surface area contributed by atoms with Gasteiger partial charge < -0.3 is 20.7 Å². The molecule has 2 atom stereocenters. The summed E-state index contributed by atoms with van der Waals surface area (Å²) < 4.78 is 0. The molecule has 27 heavy (non-hydrogen) atoms. The first-order valence-corrected chi connectivity index (χ1v) is 9.21. The summed E-state index contributed by atoms with van der Waals surface area (Å²) in [6.45, 7) is 5.33. The Hall–Kier alpha value is -2.83. The molecule has 0 saturated heterocycles. The summed E-state index contributed by atoms with van der Waals surface area (Å²) in [5.74, 6) is -2.09. The molecule has 0 spiro atoms. The third-order valence-electron chi connectivity index (χ3n) is 4.46. The first-order valence-electron chi connectivity index (χ1n) is 9.21. The van der Waals surface area contributed by atoms with Crippen LogP contribution < -0.4 is 10.6 Å². The molecule has 1 aromatic heterocycles. The van der Waals surface area contributed by atoms with Gasteiger partial charge in [-0.15, -0.1) is 0 Å². The Morgan fingerprint density at radius 2 is 1.85 bits per heavy atom. The molecule has 146 valence electrons. The van der Waals surface area contributed by atoms with Crippen molar-refractivity contribution in [2.75, 3.05) is 0 Å². The number of aliphatic carboxylic acids is 1. The number of amides is 2. The van der Waals surface area contributed by atoms with Gasteiger partial charge in [0, 0.05) is 29.9 Å². The van der Waals surface area contributed by atoms with Gasteiger partial charge in [0.25, 0.3) is 0 Å². The number of nitrogens with one attached hydrogen (secondary N) is 3. The Bertz CT molecular complexity index is 812. The van der Waals surface area contributed by atoms with Gasteiger partial charge in [0.15, 0.2) is 0 Å². The van der Waals surface area contributed by atoms with E-state index in [1.165, 1.54) is 0 Å². The molecule has 2 unspecified atom stereocenters. The maximum absolute atomic E-state index is 12.8. The minimum Gasteiger partial charge on any atom is -0.480 e. The molecule has 2 rings (SSSR count). The molecule has 0 radical (unpaired) electrons. The van der Waals surface area contributed by atoms with Crippen LogP contribution in [0.2, 0.25) is 0 Å². The number of carboxylic acid groups (broad SMARTS) is 1. The second-order valence-electron chi connectivity index (χ2n) is 7.00. The number of benzene rings is 1. The van der Waals surface area contributed by atoms with E-state index in [4.69, 9.17) is 0 Å². The third kappa shape index (κ3) is 5.32. The van der Waals surface area contributed by atoms with Gasteiger partial charge in [-0.05, 0) is 24.0 Å². The van der Waals surface area contributed by atoms with Crippen LogP contribution >= 0.6 is 0 Å². The topological polar surface area (TPSA) is 111 Å². The normalized spacial score (nSPS) is 13.3. The number of carbonyl (C=O) groups excluding carboxylic acids is 2. The van der Waals surface area contributed by atoms with E-state index in [1.807, 2.05) is 37.4 Å². The minimum atomic E-state index is -1.09. The fraction of sp³-hybridized carbons (Fsp3) is 0.450. The Morgan fingerprint density at radius 1 is 1.15 bits per heavy atom. The molecule has 0 saturated carbocycles. The quantitative estimate of drug-likeness (QED) is 0.540. The van der Waals surface area contributed by atoms with Crippen LogP contribution in [0.25, 0.3) is 10.9 Å². The predicted molar refractivity (Wildman–Crippen MR) is 103 cm³/mol. The second-order valence-corrected chi connectivity index (χ2v) is 7.00.